The van der Waals surface area contributed by atoms with Crippen LogP contribution in [0, 0.1) is 11.9 Å². The highest BCUT2D eigenvalue weighted by Gasteiger charge is 1.93. The van der Waals surface area contributed by atoms with E-state index in [9.17, 15) is 4.39 Å². The Bertz CT molecular complexity index is 222. The summed E-state index contributed by atoms with van der Waals surface area (Å²) in [7, 11) is 0. The molecule has 9 heavy (non-hydrogen) atoms. The average Bonchev–Trinajstić information content (AvgIpc) is 1.80. The minimum absolute atomic E-state index is 0.256. The van der Waals surface area contributed by atoms with E-state index in [0.29, 0.717) is 5.69 Å². The van der Waals surface area contributed by atoms with Gasteiger partial charge in [0.25, 0.3) is 0 Å². The summed E-state index contributed by atoms with van der Waals surface area (Å²) in [6, 6.07) is 4.71. The van der Waals surface area contributed by atoms with Crippen LogP contribution in [0.2, 0.25) is 0 Å². The van der Waals surface area contributed by atoms with E-state index in [2.05, 4.69) is 6.07 Å². The Morgan fingerprint density at radius 1 is 1.33 bits per heavy atom. The summed E-state index contributed by atoms with van der Waals surface area (Å²) < 4.78 is 12.2. The fourth-order valence-corrected chi connectivity index (χ4v) is 0.492. The smallest absolute Gasteiger partial charge is 0.133 e. The number of halogens is 1. The molecule has 1 aromatic rings. The summed E-state index contributed by atoms with van der Waals surface area (Å²) in [6.45, 7) is 0. The molecule has 0 fully saturated rings. The van der Waals surface area contributed by atoms with Gasteiger partial charge in [0, 0.05) is 6.07 Å². The first-order chi connectivity index (χ1) is 4.20. The molecule has 0 heterocycles. The molecule has 0 aliphatic carbocycles. The van der Waals surface area contributed by atoms with E-state index in [0.717, 1.165) is 6.07 Å². The average molecular weight is 125 g/mol. The van der Waals surface area contributed by atoms with Gasteiger partial charge >= 0.3 is 0 Å². The fourth-order valence-electron chi connectivity index (χ4n) is 0.492. The summed E-state index contributed by atoms with van der Waals surface area (Å²) >= 11 is 0. The molecule has 0 spiro atoms. The van der Waals surface area contributed by atoms with Gasteiger partial charge in [0.15, 0.2) is 0 Å². The molecule has 1 aromatic carbocycles. The van der Waals surface area contributed by atoms with E-state index in [1.807, 2.05) is 0 Å². The zero-order valence-electron chi connectivity index (χ0n) is 4.69. The van der Waals surface area contributed by atoms with Crippen molar-refractivity contribution >= 4 is 11.4 Å². The second kappa shape index (κ2) is 1.93. The summed E-state index contributed by atoms with van der Waals surface area (Å²) in [5, 5.41) is 0. The topological polar surface area (TPSA) is 52.0 Å². The molecule has 0 saturated carbocycles. The zero-order valence-corrected chi connectivity index (χ0v) is 4.69. The van der Waals surface area contributed by atoms with Crippen molar-refractivity contribution in [3.05, 3.63) is 24.0 Å². The molecular formula is C6H6FN2. The predicted molar refractivity (Wildman–Crippen MR) is 34.1 cm³/mol. The van der Waals surface area contributed by atoms with Crippen molar-refractivity contribution in [2.75, 3.05) is 11.5 Å². The van der Waals surface area contributed by atoms with Crippen LogP contribution in [0.25, 0.3) is 0 Å². The summed E-state index contributed by atoms with van der Waals surface area (Å²) in [4.78, 5) is 0. The van der Waals surface area contributed by atoms with Crippen LogP contribution in [-0.4, -0.2) is 0 Å². The lowest BCUT2D eigenvalue weighted by atomic mass is 10.3. The van der Waals surface area contributed by atoms with Gasteiger partial charge in [0.1, 0.15) is 5.82 Å². The van der Waals surface area contributed by atoms with Crippen molar-refractivity contribution in [1.82, 2.24) is 0 Å². The first-order valence-electron chi connectivity index (χ1n) is 2.42. The van der Waals surface area contributed by atoms with Gasteiger partial charge in [-0.25, -0.2) is 4.39 Å². The molecule has 0 atom stereocenters. The number of hydrogen-bond donors (Lipinski definition) is 2. The van der Waals surface area contributed by atoms with Crippen LogP contribution >= 0.6 is 0 Å². The van der Waals surface area contributed by atoms with Gasteiger partial charge in [-0.2, -0.15) is 0 Å². The maximum absolute atomic E-state index is 12.2. The third-order valence-electron chi connectivity index (χ3n) is 0.981. The van der Waals surface area contributed by atoms with Crippen LogP contribution in [0.15, 0.2) is 12.1 Å². The maximum Gasteiger partial charge on any atom is 0.133 e. The van der Waals surface area contributed by atoms with Crippen molar-refractivity contribution in [3.63, 3.8) is 0 Å². The number of benzene rings is 1. The van der Waals surface area contributed by atoms with E-state index >= 15 is 0 Å². The van der Waals surface area contributed by atoms with E-state index in [1.54, 1.807) is 0 Å². The molecule has 1 radical (unpaired) electrons. The van der Waals surface area contributed by atoms with Crippen molar-refractivity contribution in [2.45, 2.75) is 0 Å². The second-order valence-corrected chi connectivity index (χ2v) is 1.69. The van der Waals surface area contributed by atoms with Crippen LogP contribution in [0.4, 0.5) is 15.8 Å². The quantitative estimate of drug-likeness (QED) is 0.503. The molecular weight excluding hydrogens is 119 g/mol. The van der Waals surface area contributed by atoms with Gasteiger partial charge in [0.2, 0.25) is 0 Å². The number of anilines is 2. The van der Waals surface area contributed by atoms with Gasteiger partial charge < -0.3 is 11.5 Å². The lowest BCUT2D eigenvalue weighted by Crippen LogP contribution is -1.94. The Morgan fingerprint density at radius 3 is 2.44 bits per heavy atom. The Labute approximate surface area is 52.3 Å². The van der Waals surface area contributed by atoms with E-state index in [4.69, 9.17) is 11.5 Å². The lowest BCUT2D eigenvalue weighted by molar-refractivity contribution is 0.626. The Hall–Kier alpha value is -1.25. The van der Waals surface area contributed by atoms with Crippen molar-refractivity contribution in [2.24, 2.45) is 0 Å². The summed E-state index contributed by atoms with van der Waals surface area (Å²) in [6.07, 6.45) is 0. The standard InChI is InChI=1S/C6H6FN2/c7-4-1-2-5(8)6(9)3-4/h2-3H,8-9H2. The highest BCUT2D eigenvalue weighted by atomic mass is 19.1. The monoisotopic (exact) mass is 125 g/mol. The van der Waals surface area contributed by atoms with Crippen molar-refractivity contribution in [1.29, 1.82) is 0 Å². The highest BCUT2D eigenvalue weighted by Crippen LogP contribution is 2.13. The predicted octanol–water partition coefficient (Wildman–Crippen LogP) is 0.790. The fraction of sp³-hybridized carbons (Fsp3) is 0. The van der Waals surface area contributed by atoms with E-state index in [1.165, 1.54) is 6.07 Å². The molecule has 4 N–H and O–H groups in total. The first kappa shape index (κ1) is 5.88. The molecule has 47 valence electrons. The number of nitrogen functional groups attached to an aromatic ring is 2. The number of nitrogens with two attached hydrogens (primary N) is 2. The normalized spacial score (nSPS) is 9.44. The molecule has 0 amide bonds. The Kier molecular flexibility index (Phi) is 1.26. The molecule has 3 heteroatoms. The lowest BCUT2D eigenvalue weighted by Gasteiger charge is -1.95. The SMILES string of the molecule is Nc1c[c]c(F)cc1N. The molecule has 0 aromatic heterocycles. The second-order valence-electron chi connectivity index (χ2n) is 1.69. The third kappa shape index (κ3) is 1.10. The largest absolute Gasteiger partial charge is 0.397 e. The Balaban J connectivity index is 3.17. The molecule has 0 unspecified atom stereocenters. The Morgan fingerprint density at radius 2 is 2.00 bits per heavy atom. The van der Waals surface area contributed by atoms with Crippen LogP contribution in [0.1, 0.15) is 0 Å². The molecule has 2 nitrogen and oxygen atoms in total. The van der Waals surface area contributed by atoms with E-state index in [-0.39, 0.29) is 5.69 Å². The van der Waals surface area contributed by atoms with Crippen LogP contribution < -0.4 is 11.5 Å². The molecule has 0 bridgehead atoms. The zero-order chi connectivity index (χ0) is 6.85. The van der Waals surface area contributed by atoms with Crippen molar-refractivity contribution in [3.8, 4) is 0 Å². The summed E-state index contributed by atoms with van der Waals surface area (Å²) in [5.41, 5.74) is 11.1. The van der Waals surface area contributed by atoms with Crippen LogP contribution in [0.3, 0.4) is 0 Å². The minimum atomic E-state index is -0.485. The van der Waals surface area contributed by atoms with Gasteiger partial charge in [0.05, 0.1) is 11.4 Å². The van der Waals surface area contributed by atoms with E-state index < -0.39 is 5.82 Å². The van der Waals surface area contributed by atoms with Gasteiger partial charge in [-0.1, -0.05) is 0 Å². The van der Waals surface area contributed by atoms with Crippen LogP contribution in [0.5, 0.6) is 0 Å². The van der Waals surface area contributed by atoms with Gasteiger partial charge in [-0.05, 0) is 12.1 Å². The van der Waals surface area contributed by atoms with Gasteiger partial charge in [-0.3, -0.25) is 0 Å². The first-order valence-corrected chi connectivity index (χ1v) is 2.42. The van der Waals surface area contributed by atoms with Gasteiger partial charge in [-0.15, -0.1) is 0 Å². The number of rotatable bonds is 0. The molecule has 0 aliphatic rings. The summed E-state index contributed by atoms with van der Waals surface area (Å²) in [5.74, 6) is -0.485. The minimum Gasteiger partial charge on any atom is -0.397 e. The number of hydrogen-bond acceptors (Lipinski definition) is 2. The maximum atomic E-state index is 12.2. The molecule has 1 rings (SSSR count). The van der Waals surface area contributed by atoms with Crippen LogP contribution in [-0.2, 0) is 0 Å². The molecule has 0 aliphatic heterocycles. The third-order valence-corrected chi connectivity index (χ3v) is 0.981. The van der Waals surface area contributed by atoms with Crippen molar-refractivity contribution < 1.29 is 4.39 Å². The molecule has 0 saturated heterocycles. The highest BCUT2D eigenvalue weighted by molar-refractivity contribution is 5.62.